The van der Waals surface area contributed by atoms with E-state index in [2.05, 4.69) is 26.0 Å². The minimum atomic E-state index is -1.56. The molecule has 2 heterocycles. The number of anilines is 2. The van der Waals surface area contributed by atoms with Crippen LogP contribution in [0.1, 0.15) is 47.0 Å². The van der Waals surface area contributed by atoms with Crippen molar-refractivity contribution in [1.29, 1.82) is 0 Å². The largest absolute Gasteiger partial charge is 0.434 e. The van der Waals surface area contributed by atoms with Crippen molar-refractivity contribution >= 4 is 34.9 Å². The van der Waals surface area contributed by atoms with Gasteiger partial charge in [-0.25, -0.2) is 18.3 Å². The number of nitrogens with zero attached hydrogens (tertiary/aromatic N) is 3. The van der Waals surface area contributed by atoms with Gasteiger partial charge in [-0.05, 0) is 64.3 Å². The zero-order valence-electron chi connectivity index (χ0n) is 22.5. The fraction of sp³-hybridized carbons (Fsp3) is 0.321. The van der Waals surface area contributed by atoms with Crippen molar-refractivity contribution in [2.24, 2.45) is 11.3 Å². The van der Waals surface area contributed by atoms with Crippen molar-refractivity contribution in [3.63, 3.8) is 0 Å². The van der Waals surface area contributed by atoms with Gasteiger partial charge in [0.05, 0.1) is 12.0 Å². The molecule has 4 rings (SSSR count). The van der Waals surface area contributed by atoms with Crippen LogP contribution in [0.15, 0.2) is 60.2 Å². The van der Waals surface area contributed by atoms with Gasteiger partial charge in [-0.1, -0.05) is 13.0 Å². The van der Waals surface area contributed by atoms with Crippen molar-refractivity contribution in [3.8, 4) is 11.6 Å². The number of fused-ring (bicyclic) bond motifs is 1. The van der Waals surface area contributed by atoms with Crippen LogP contribution in [-0.4, -0.2) is 32.3 Å². The smallest absolute Gasteiger partial charge is 0.239 e. The second-order valence-electron chi connectivity index (χ2n) is 9.94. The molecule has 10 nitrogen and oxygen atoms in total. The molecule has 2 aromatic heterocycles. The minimum Gasteiger partial charge on any atom is -0.434 e. The van der Waals surface area contributed by atoms with Gasteiger partial charge in [0, 0.05) is 29.4 Å². The number of amides is 3. The Morgan fingerprint density at radius 3 is 2.55 bits per heavy atom. The summed E-state index contributed by atoms with van der Waals surface area (Å²) in [6.07, 6.45) is 6.60. The van der Waals surface area contributed by atoms with E-state index in [1.54, 1.807) is 12.1 Å². The Labute approximate surface area is 229 Å². The van der Waals surface area contributed by atoms with Crippen LogP contribution in [0.2, 0.25) is 0 Å². The Kier molecular flexibility index (Phi) is 8.26. The molecule has 3 N–H and O–H groups in total. The van der Waals surface area contributed by atoms with Crippen molar-refractivity contribution in [3.05, 3.63) is 66.0 Å². The third-order valence-corrected chi connectivity index (χ3v) is 6.07. The first-order valence-corrected chi connectivity index (χ1v) is 12.8. The zero-order valence-corrected chi connectivity index (χ0v) is 22.5. The van der Waals surface area contributed by atoms with Crippen LogP contribution in [0.3, 0.4) is 0 Å². The molecule has 1 saturated carbocycles. The lowest BCUT2D eigenvalue weighted by molar-refractivity contribution is -0.137. The second kappa shape index (κ2) is 11.6. The Balaban J connectivity index is 1.41. The number of ether oxygens (including phenoxy) is 1. The Morgan fingerprint density at radius 1 is 1.15 bits per heavy atom. The average molecular weight is 553 g/mol. The van der Waals surface area contributed by atoms with Crippen LogP contribution in [0.4, 0.5) is 20.3 Å². The van der Waals surface area contributed by atoms with Gasteiger partial charge in [0.2, 0.25) is 23.6 Å². The van der Waals surface area contributed by atoms with E-state index in [9.17, 15) is 23.2 Å². The highest BCUT2D eigenvalue weighted by Crippen LogP contribution is 2.30. The first-order chi connectivity index (χ1) is 19.0. The Morgan fingerprint density at radius 2 is 1.90 bits per heavy atom. The highest BCUT2D eigenvalue weighted by atomic mass is 19.1. The topological polar surface area (TPSA) is 127 Å². The van der Waals surface area contributed by atoms with Crippen LogP contribution < -0.4 is 20.7 Å². The molecular formula is C28H30F2N6O4. The molecule has 0 spiro atoms. The summed E-state index contributed by atoms with van der Waals surface area (Å²) in [5.74, 6) is -2.38. The molecule has 0 atom stereocenters. The maximum Gasteiger partial charge on any atom is 0.239 e. The molecule has 1 aromatic carbocycles. The number of nitrogens with one attached hydrogen (secondary N) is 3. The van der Waals surface area contributed by atoms with Crippen molar-refractivity contribution in [1.82, 2.24) is 19.9 Å². The van der Waals surface area contributed by atoms with Gasteiger partial charge >= 0.3 is 0 Å². The molecule has 1 fully saturated rings. The van der Waals surface area contributed by atoms with Gasteiger partial charge in [-0.15, -0.1) is 5.10 Å². The fourth-order valence-electron chi connectivity index (χ4n) is 3.59. The van der Waals surface area contributed by atoms with Gasteiger partial charge in [-0.3, -0.25) is 14.4 Å². The molecule has 3 amide bonds. The third kappa shape index (κ3) is 6.87. The van der Waals surface area contributed by atoms with Gasteiger partial charge in [0.1, 0.15) is 5.41 Å². The van der Waals surface area contributed by atoms with Gasteiger partial charge in [0.15, 0.2) is 23.0 Å². The normalized spacial score (nSPS) is 14.2. The molecule has 0 saturated heterocycles. The van der Waals surface area contributed by atoms with E-state index in [1.165, 1.54) is 49.7 Å². The molecule has 12 heteroatoms. The fourth-order valence-corrected chi connectivity index (χ4v) is 3.59. The molecule has 1 aliphatic rings. The van der Waals surface area contributed by atoms with Crippen molar-refractivity contribution in [2.75, 3.05) is 10.6 Å². The summed E-state index contributed by atoms with van der Waals surface area (Å²) in [4.78, 5) is 41.9. The molecule has 0 unspecified atom stereocenters. The SMILES string of the molecule is CC/C=C(\C=C(/C)F)NC(=O)C(C)(C)C(=O)Nc1ccc(Oc2ccc3nc(NC(=O)C4CC4)cn3n2)c(F)c1. The Bertz CT molecular complexity index is 1520. The number of carbonyl (C=O) groups is 3. The quantitative estimate of drug-likeness (QED) is 0.233. The predicted octanol–water partition coefficient (Wildman–Crippen LogP) is 5.26. The standard InChI is InChI=1S/C28H30F2N6O4/c1-5-6-18(13-16(2)29)31-26(38)28(3,4)27(39)32-19-9-10-21(20(30)14-19)40-24-12-11-23-33-22(15-36(23)35-24)34-25(37)17-7-8-17/h6,9-15,17H,5,7-8H2,1-4H3,(H,31,38)(H,32,39)(H,34,37)/b16-13+,18-6+. The van der Waals surface area contributed by atoms with Crippen LogP contribution in [0, 0.1) is 17.2 Å². The summed E-state index contributed by atoms with van der Waals surface area (Å²) in [5, 5.41) is 12.1. The van der Waals surface area contributed by atoms with Crippen LogP contribution in [0.5, 0.6) is 11.6 Å². The molecule has 210 valence electrons. The number of halogens is 2. The lowest BCUT2D eigenvalue weighted by atomic mass is 9.90. The number of hydrogen-bond donors (Lipinski definition) is 3. The van der Waals surface area contributed by atoms with Crippen LogP contribution in [0.25, 0.3) is 5.65 Å². The van der Waals surface area contributed by atoms with Gasteiger partial charge in [-0.2, -0.15) is 0 Å². The monoisotopic (exact) mass is 552 g/mol. The Hall–Kier alpha value is -4.61. The highest BCUT2D eigenvalue weighted by Gasteiger charge is 2.36. The second-order valence-corrected chi connectivity index (χ2v) is 9.94. The van der Waals surface area contributed by atoms with Crippen LogP contribution in [-0.2, 0) is 14.4 Å². The van der Waals surface area contributed by atoms with Crippen LogP contribution >= 0.6 is 0 Å². The first-order valence-electron chi connectivity index (χ1n) is 12.8. The van der Waals surface area contributed by atoms with Crippen molar-refractivity contribution < 1.29 is 27.9 Å². The number of aromatic nitrogens is 3. The summed E-state index contributed by atoms with van der Waals surface area (Å²) in [6.45, 7) is 5.88. The summed E-state index contributed by atoms with van der Waals surface area (Å²) < 4.78 is 35.2. The van der Waals surface area contributed by atoms with Crippen molar-refractivity contribution in [2.45, 2.75) is 47.0 Å². The van der Waals surface area contributed by atoms with E-state index >= 15 is 0 Å². The zero-order chi connectivity index (χ0) is 29.0. The first kappa shape index (κ1) is 28.4. The number of rotatable bonds is 10. The predicted molar refractivity (Wildman–Crippen MR) is 145 cm³/mol. The van der Waals surface area contributed by atoms with E-state index in [-0.39, 0.29) is 34.8 Å². The summed E-state index contributed by atoms with van der Waals surface area (Å²) in [6, 6.07) is 6.91. The minimum absolute atomic E-state index is 0.0283. The van der Waals surface area contributed by atoms with E-state index in [4.69, 9.17) is 4.74 Å². The maximum absolute atomic E-state index is 14.9. The highest BCUT2D eigenvalue weighted by molar-refractivity contribution is 6.10. The van der Waals surface area contributed by atoms with E-state index in [0.717, 1.165) is 25.0 Å². The maximum atomic E-state index is 14.9. The summed E-state index contributed by atoms with van der Waals surface area (Å²) in [7, 11) is 0. The number of carbonyl (C=O) groups excluding carboxylic acids is 3. The molecule has 40 heavy (non-hydrogen) atoms. The average Bonchev–Trinajstić information content (AvgIpc) is 3.66. The molecular weight excluding hydrogens is 522 g/mol. The summed E-state index contributed by atoms with van der Waals surface area (Å²) in [5.41, 5.74) is -0.745. The molecule has 0 radical (unpaired) electrons. The molecule has 0 bridgehead atoms. The molecule has 1 aliphatic carbocycles. The van der Waals surface area contributed by atoms with E-state index < -0.39 is 28.9 Å². The number of benzene rings is 1. The third-order valence-electron chi connectivity index (χ3n) is 6.07. The lowest BCUT2D eigenvalue weighted by Crippen LogP contribution is -2.44. The molecule has 3 aromatic rings. The van der Waals surface area contributed by atoms with E-state index in [1.807, 2.05) is 6.92 Å². The number of allylic oxidation sites excluding steroid dienone is 3. The number of imidazole rings is 1. The summed E-state index contributed by atoms with van der Waals surface area (Å²) >= 11 is 0. The number of hydrogen-bond acceptors (Lipinski definition) is 6. The molecule has 0 aliphatic heterocycles. The van der Waals surface area contributed by atoms with Gasteiger partial charge in [0.25, 0.3) is 0 Å². The lowest BCUT2D eigenvalue weighted by Gasteiger charge is -2.23. The van der Waals surface area contributed by atoms with E-state index in [0.29, 0.717) is 17.9 Å². The van der Waals surface area contributed by atoms with Gasteiger partial charge < -0.3 is 20.7 Å².